The summed E-state index contributed by atoms with van der Waals surface area (Å²) >= 11 is 0. The van der Waals surface area contributed by atoms with Gasteiger partial charge in [-0.3, -0.25) is 4.79 Å². The predicted molar refractivity (Wildman–Crippen MR) is 76.4 cm³/mol. The maximum Gasteiger partial charge on any atom is 0.224 e. The predicted octanol–water partition coefficient (Wildman–Crippen LogP) is 2.37. The van der Waals surface area contributed by atoms with Crippen molar-refractivity contribution in [2.75, 3.05) is 31.4 Å². The van der Waals surface area contributed by atoms with Gasteiger partial charge in [-0.25, -0.2) is 0 Å². The molecule has 0 bridgehead atoms. The van der Waals surface area contributed by atoms with Crippen molar-refractivity contribution in [3.63, 3.8) is 0 Å². The van der Waals surface area contributed by atoms with Gasteiger partial charge in [0, 0.05) is 32.0 Å². The molecular weight excluding hydrogens is 244 g/mol. The van der Waals surface area contributed by atoms with Gasteiger partial charge in [-0.1, -0.05) is 13.0 Å². The van der Waals surface area contributed by atoms with Crippen molar-refractivity contribution >= 4 is 17.3 Å². The lowest BCUT2D eigenvalue weighted by atomic mass is 10.1. The van der Waals surface area contributed by atoms with Crippen LogP contribution in [0.1, 0.15) is 18.9 Å². The van der Waals surface area contributed by atoms with E-state index in [0.717, 1.165) is 16.9 Å². The molecule has 5 heteroatoms. The smallest absolute Gasteiger partial charge is 0.224 e. The number of amides is 1. The average molecular weight is 266 g/mol. The summed E-state index contributed by atoms with van der Waals surface area (Å²) in [5.41, 5.74) is 2.77. The molecular formula is C14H22N2O3. The lowest BCUT2D eigenvalue weighted by molar-refractivity contribution is -0.115. The molecule has 0 heterocycles. The number of carbonyl (C=O) groups is 1. The van der Waals surface area contributed by atoms with Crippen LogP contribution in [0.3, 0.4) is 0 Å². The minimum Gasteiger partial charge on any atom is -0.380 e. The molecule has 106 valence electrons. The molecule has 0 fully saturated rings. The second-order valence-electron chi connectivity index (χ2n) is 4.16. The summed E-state index contributed by atoms with van der Waals surface area (Å²) in [5, 5.41) is 6.12. The van der Waals surface area contributed by atoms with E-state index in [4.69, 9.17) is 9.47 Å². The van der Waals surface area contributed by atoms with Crippen LogP contribution in [0.4, 0.5) is 11.4 Å². The highest BCUT2D eigenvalue weighted by atomic mass is 16.7. The first-order chi connectivity index (χ1) is 9.12. The molecule has 1 amide bonds. The normalized spacial score (nSPS) is 10.6. The van der Waals surface area contributed by atoms with E-state index in [9.17, 15) is 4.79 Å². The highest BCUT2D eigenvalue weighted by molar-refractivity contribution is 5.92. The molecule has 0 spiro atoms. The highest BCUT2D eigenvalue weighted by Crippen LogP contribution is 2.23. The standard InChI is InChI=1S/C14H22N2O3/c1-5-13(17)16-12-8-6-7-11(10(12)2)15-9-14(18-3)19-4/h6-8,14-15H,5,9H2,1-4H3,(H,16,17). The molecule has 1 rings (SSSR count). The van der Waals surface area contributed by atoms with Gasteiger partial charge in [0.05, 0.1) is 6.54 Å². The van der Waals surface area contributed by atoms with Crippen LogP contribution in [0, 0.1) is 6.92 Å². The van der Waals surface area contributed by atoms with Crippen molar-refractivity contribution in [3.8, 4) is 0 Å². The fourth-order valence-corrected chi connectivity index (χ4v) is 1.66. The lowest BCUT2D eigenvalue weighted by Crippen LogP contribution is -2.24. The van der Waals surface area contributed by atoms with E-state index >= 15 is 0 Å². The third-order valence-corrected chi connectivity index (χ3v) is 2.91. The van der Waals surface area contributed by atoms with Crippen LogP contribution >= 0.6 is 0 Å². The Balaban J connectivity index is 2.74. The van der Waals surface area contributed by atoms with Gasteiger partial charge in [0.1, 0.15) is 0 Å². The van der Waals surface area contributed by atoms with Gasteiger partial charge in [-0.2, -0.15) is 0 Å². The van der Waals surface area contributed by atoms with Crippen LogP contribution < -0.4 is 10.6 Å². The van der Waals surface area contributed by atoms with Crippen molar-refractivity contribution in [1.82, 2.24) is 0 Å². The van der Waals surface area contributed by atoms with Gasteiger partial charge < -0.3 is 20.1 Å². The molecule has 0 aliphatic carbocycles. The number of nitrogens with one attached hydrogen (secondary N) is 2. The van der Waals surface area contributed by atoms with Crippen LogP contribution in [0.5, 0.6) is 0 Å². The number of hydrogen-bond donors (Lipinski definition) is 2. The zero-order valence-electron chi connectivity index (χ0n) is 11.9. The average Bonchev–Trinajstić information content (AvgIpc) is 2.43. The van der Waals surface area contributed by atoms with Crippen LogP contribution in [-0.2, 0) is 14.3 Å². The Kier molecular flexibility index (Phi) is 6.32. The monoisotopic (exact) mass is 266 g/mol. The van der Waals surface area contributed by atoms with E-state index in [0.29, 0.717) is 13.0 Å². The Labute approximate surface area is 114 Å². The first-order valence-electron chi connectivity index (χ1n) is 6.31. The van der Waals surface area contributed by atoms with Crippen molar-refractivity contribution in [1.29, 1.82) is 0 Å². The molecule has 0 saturated carbocycles. The quantitative estimate of drug-likeness (QED) is 0.744. The van der Waals surface area contributed by atoms with Gasteiger partial charge in [-0.05, 0) is 24.6 Å². The third kappa shape index (κ3) is 4.54. The number of anilines is 2. The number of methoxy groups -OCH3 is 2. The van der Waals surface area contributed by atoms with Gasteiger partial charge >= 0.3 is 0 Å². The lowest BCUT2D eigenvalue weighted by Gasteiger charge is -2.17. The minimum absolute atomic E-state index is 0.00640. The van der Waals surface area contributed by atoms with Crippen molar-refractivity contribution in [2.24, 2.45) is 0 Å². The summed E-state index contributed by atoms with van der Waals surface area (Å²) in [5.74, 6) is 0.00640. The summed E-state index contributed by atoms with van der Waals surface area (Å²) in [7, 11) is 3.20. The molecule has 1 aromatic carbocycles. The minimum atomic E-state index is -0.298. The number of benzene rings is 1. The molecule has 0 unspecified atom stereocenters. The zero-order chi connectivity index (χ0) is 14.3. The van der Waals surface area contributed by atoms with E-state index in [1.807, 2.05) is 32.0 Å². The third-order valence-electron chi connectivity index (χ3n) is 2.91. The molecule has 0 aliphatic rings. The summed E-state index contributed by atoms with van der Waals surface area (Å²) in [6.45, 7) is 4.33. The van der Waals surface area contributed by atoms with E-state index in [1.54, 1.807) is 14.2 Å². The number of hydrogen-bond acceptors (Lipinski definition) is 4. The molecule has 0 aromatic heterocycles. The number of carbonyl (C=O) groups excluding carboxylic acids is 1. The Bertz CT molecular complexity index is 417. The van der Waals surface area contributed by atoms with Crippen LogP contribution in [0.2, 0.25) is 0 Å². The van der Waals surface area contributed by atoms with Gasteiger partial charge in [0.15, 0.2) is 6.29 Å². The Morgan fingerprint density at radius 2 is 1.89 bits per heavy atom. The van der Waals surface area contributed by atoms with Crippen molar-refractivity contribution in [2.45, 2.75) is 26.6 Å². The maximum atomic E-state index is 11.4. The van der Waals surface area contributed by atoms with E-state index in [-0.39, 0.29) is 12.2 Å². The largest absolute Gasteiger partial charge is 0.380 e. The fraction of sp³-hybridized carbons (Fsp3) is 0.500. The number of rotatable bonds is 7. The van der Waals surface area contributed by atoms with Crippen LogP contribution in [0.15, 0.2) is 18.2 Å². The first-order valence-corrected chi connectivity index (χ1v) is 6.31. The summed E-state index contributed by atoms with van der Waals surface area (Å²) < 4.78 is 10.2. The summed E-state index contributed by atoms with van der Waals surface area (Å²) in [6, 6.07) is 5.74. The van der Waals surface area contributed by atoms with Crippen LogP contribution in [-0.4, -0.2) is 33.0 Å². The molecule has 0 saturated heterocycles. The molecule has 19 heavy (non-hydrogen) atoms. The second-order valence-corrected chi connectivity index (χ2v) is 4.16. The van der Waals surface area contributed by atoms with Gasteiger partial charge in [0.25, 0.3) is 0 Å². The SMILES string of the molecule is CCC(=O)Nc1cccc(NCC(OC)OC)c1C. The molecule has 0 aliphatic heterocycles. The summed E-state index contributed by atoms with van der Waals surface area (Å²) in [4.78, 5) is 11.4. The van der Waals surface area contributed by atoms with Crippen molar-refractivity contribution < 1.29 is 14.3 Å². The maximum absolute atomic E-state index is 11.4. The topological polar surface area (TPSA) is 59.6 Å². The molecule has 1 aromatic rings. The molecule has 0 atom stereocenters. The summed E-state index contributed by atoms with van der Waals surface area (Å²) in [6.07, 6.45) is 0.167. The van der Waals surface area contributed by atoms with Gasteiger partial charge in [0.2, 0.25) is 5.91 Å². The Morgan fingerprint density at radius 3 is 2.47 bits per heavy atom. The second kappa shape index (κ2) is 7.76. The first kappa shape index (κ1) is 15.5. The Hall–Kier alpha value is -1.59. The zero-order valence-corrected chi connectivity index (χ0v) is 11.9. The van der Waals surface area contributed by atoms with E-state index in [2.05, 4.69) is 10.6 Å². The fourth-order valence-electron chi connectivity index (χ4n) is 1.66. The molecule has 0 radical (unpaired) electrons. The van der Waals surface area contributed by atoms with E-state index in [1.165, 1.54) is 0 Å². The van der Waals surface area contributed by atoms with Crippen LogP contribution in [0.25, 0.3) is 0 Å². The van der Waals surface area contributed by atoms with Gasteiger partial charge in [-0.15, -0.1) is 0 Å². The highest BCUT2D eigenvalue weighted by Gasteiger charge is 2.09. The molecule has 5 nitrogen and oxygen atoms in total. The van der Waals surface area contributed by atoms with E-state index < -0.39 is 0 Å². The molecule has 2 N–H and O–H groups in total. The Morgan fingerprint density at radius 1 is 1.26 bits per heavy atom. The number of ether oxygens (including phenoxy) is 2. The van der Waals surface area contributed by atoms with Crippen molar-refractivity contribution in [3.05, 3.63) is 23.8 Å².